The van der Waals surface area contributed by atoms with Crippen LogP contribution in [0.25, 0.3) is 0 Å². The molecule has 0 saturated carbocycles. The Morgan fingerprint density at radius 2 is 1.46 bits per heavy atom. The monoisotopic (exact) mass is 184 g/mol. The first kappa shape index (κ1) is 13.7. The lowest BCUT2D eigenvalue weighted by Gasteiger charge is -1.82. The van der Waals surface area contributed by atoms with Gasteiger partial charge in [-0.3, -0.25) is 0 Å². The van der Waals surface area contributed by atoms with Crippen molar-refractivity contribution >= 4 is 11.9 Å². The molecule has 72 valence electrons. The van der Waals surface area contributed by atoms with E-state index in [0.717, 1.165) is 0 Å². The number of carbonyl (C=O) groups is 2. The highest BCUT2D eigenvalue weighted by molar-refractivity contribution is 5.88. The van der Waals surface area contributed by atoms with Gasteiger partial charge in [0.15, 0.2) is 0 Å². The van der Waals surface area contributed by atoms with E-state index in [-0.39, 0.29) is 11.1 Å². The smallest absolute Gasteiger partial charge is 0.335 e. The molecule has 0 aliphatic heterocycles. The van der Waals surface area contributed by atoms with E-state index in [9.17, 15) is 9.59 Å². The highest BCUT2D eigenvalue weighted by Gasteiger charge is 1.93. The van der Waals surface area contributed by atoms with Gasteiger partial charge in [0, 0.05) is 5.57 Å². The standard InChI is InChI=1S/C5H6O2.C4H6O2/c1-3-4(2)5(6)7;1-3(2)4(5)6/h3H,1-2H2,(H,6,7);1H2,2H3,(H,5,6). The first-order chi connectivity index (χ1) is 5.82. The van der Waals surface area contributed by atoms with E-state index in [1.54, 1.807) is 0 Å². The fourth-order valence-electron chi connectivity index (χ4n) is 0.0873. The number of carboxylic acid groups (broad SMARTS) is 2. The van der Waals surface area contributed by atoms with Crippen LogP contribution in [0.4, 0.5) is 0 Å². The molecule has 0 rings (SSSR count). The molecule has 0 spiro atoms. The molecule has 0 heterocycles. The summed E-state index contributed by atoms with van der Waals surface area (Å²) in [7, 11) is 0. The lowest BCUT2D eigenvalue weighted by molar-refractivity contribution is -0.133. The molecule has 0 saturated heterocycles. The van der Waals surface area contributed by atoms with Crippen LogP contribution >= 0.6 is 0 Å². The Morgan fingerprint density at radius 1 is 1.15 bits per heavy atom. The molecule has 0 aromatic carbocycles. The summed E-state index contributed by atoms with van der Waals surface area (Å²) in [6, 6.07) is 0. The Balaban J connectivity index is 0. The molecular weight excluding hydrogens is 172 g/mol. The molecular formula is C9H12O4. The van der Waals surface area contributed by atoms with Crippen molar-refractivity contribution < 1.29 is 19.8 Å². The van der Waals surface area contributed by atoms with Gasteiger partial charge in [0.2, 0.25) is 0 Å². The van der Waals surface area contributed by atoms with E-state index < -0.39 is 11.9 Å². The van der Waals surface area contributed by atoms with Crippen LogP contribution in [0.2, 0.25) is 0 Å². The minimum Gasteiger partial charge on any atom is -0.478 e. The van der Waals surface area contributed by atoms with Crippen molar-refractivity contribution in [1.29, 1.82) is 0 Å². The van der Waals surface area contributed by atoms with E-state index in [4.69, 9.17) is 10.2 Å². The first-order valence-corrected chi connectivity index (χ1v) is 3.26. The minimum absolute atomic E-state index is 0.0278. The van der Waals surface area contributed by atoms with Crippen LogP contribution in [-0.4, -0.2) is 22.2 Å². The van der Waals surface area contributed by atoms with Gasteiger partial charge in [-0.1, -0.05) is 25.8 Å². The van der Waals surface area contributed by atoms with E-state index in [1.165, 1.54) is 13.0 Å². The molecule has 0 aromatic heterocycles. The summed E-state index contributed by atoms with van der Waals surface area (Å²) in [5, 5.41) is 15.9. The van der Waals surface area contributed by atoms with Crippen LogP contribution in [-0.2, 0) is 9.59 Å². The predicted octanol–water partition coefficient (Wildman–Crippen LogP) is 1.46. The number of carboxylic acids is 2. The Morgan fingerprint density at radius 3 is 1.46 bits per heavy atom. The van der Waals surface area contributed by atoms with E-state index >= 15 is 0 Å². The quantitative estimate of drug-likeness (QED) is 0.514. The molecule has 0 fully saturated rings. The Labute approximate surface area is 76.5 Å². The molecule has 0 aliphatic carbocycles. The molecule has 2 N–H and O–H groups in total. The summed E-state index contributed by atoms with van der Waals surface area (Å²) in [5.74, 6) is -1.95. The van der Waals surface area contributed by atoms with E-state index in [2.05, 4.69) is 19.7 Å². The number of hydrogen-bond donors (Lipinski definition) is 2. The third kappa shape index (κ3) is 10.2. The van der Waals surface area contributed by atoms with Crippen molar-refractivity contribution in [2.45, 2.75) is 6.92 Å². The molecule has 0 aromatic rings. The zero-order valence-electron chi connectivity index (χ0n) is 7.41. The van der Waals surface area contributed by atoms with Crippen molar-refractivity contribution in [3.63, 3.8) is 0 Å². The second kappa shape index (κ2) is 6.84. The van der Waals surface area contributed by atoms with E-state index in [0.29, 0.717) is 0 Å². The number of rotatable bonds is 3. The van der Waals surface area contributed by atoms with Gasteiger partial charge in [-0.15, -0.1) is 0 Å². The van der Waals surface area contributed by atoms with Gasteiger partial charge in [0.1, 0.15) is 0 Å². The van der Waals surface area contributed by atoms with Crippen LogP contribution in [0.15, 0.2) is 37.0 Å². The SMILES string of the molecule is C=C(C)C(=O)O.C=CC(=C)C(=O)O. The maximum absolute atomic E-state index is 9.76. The van der Waals surface area contributed by atoms with Crippen molar-refractivity contribution in [2.75, 3.05) is 0 Å². The summed E-state index contributed by atoms with van der Waals surface area (Å²) in [5.41, 5.74) is 0.204. The fourth-order valence-corrected chi connectivity index (χ4v) is 0.0873. The second-order valence-electron chi connectivity index (χ2n) is 2.12. The average Bonchev–Trinajstić information content (AvgIpc) is 2.03. The highest BCUT2D eigenvalue weighted by Crippen LogP contribution is 1.86. The van der Waals surface area contributed by atoms with Crippen molar-refractivity contribution in [2.24, 2.45) is 0 Å². The van der Waals surface area contributed by atoms with Crippen molar-refractivity contribution in [1.82, 2.24) is 0 Å². The summed E-state index contributed by atoms with van der Waals surface area (Å²) in [6.07, 6.45) is 1.20. The lowest BCUT2D eigenvalue weighted by Crippen LogP contribution is -1.93. The summed E-state index contributed by atoms with van der Waals surface area (Å²) in [4.78, 5) is 19.4. The zero-order chi connectivity index (χ0) is 11.0. The fraction of sp³-hybridized carbons (Fsp3) is 0.111. The van der Waals surface area contributed by atoms with Gasteiger partial charge in [-0.25, -0.2) is 9.59 Å². The van der Waals surface area contributed by atoms with Crippen LogP contribution in [0, 0.1) is 0 Å². The van der Waals surface area contributed by atoms with Crippen LogP contribution in [0.3, 0.4) is 0 Å². The number of aliphatic carboxylic acids is 2. The molecule has 0 aliphatic rings. The van der Waals surface area contributed by atoms with Gasteiger partial charge >= 0.3 is 11.9 Å². The van der Waals surface area contributed by atoms with Gasteiger partial charge in [0.05, 0.1) is 5.57 Å². The number of hydrogen-bond acceptors (Lipinski definition) is 2. The Kier molecular flexibility index (Phi) is 7.23. The zero-order valence-corrected chi connectivity index (χ0v) is 7.41. The highest BCUT2D eigenvalue weighted by atomic mass is 16.4. The topological polar surface area (TPSA) is 74.6 Å². The lowest BCUT2D eigenvalue weighted by atomic mass is 10.3. The largest absolute Gasteiger partial charge is 0.478 e. The second-order valence-corrected chi connectivity index (χ2v) is 2.12. The predicted molar refractivity (Wildman–Crippen MR) is 49.4 cm³/mol. The molecule has 0 radical (unpaired) electrons. The maximum atomic E-state index is 9.76. The molecule has 0 bridgehead atoms. The maximum Gasteiger partial charge on any atom is 0.335 e. The third-order valence-electron chi connectivity index (χ3n) is 0.886. The van der Waals surface area contributed by atoms with Crippen LogP contribution in [0.1, 0.15) is 6.92 Å². The van der Waals surface area contributed by atoms with Crippen LogP contribution in [0.5, 0.6) is 0 Å². The van der Waals surface area contributed by atoms with Gasteiger partial charge in [-0.05, 0) is 6.92 Å². The summed E-state index contributed by atoms with van der Waals surface area (Å²) < 4.78 is 0. The Bertz CT molecular complexity index is 238. The van der Waals surface area contributed by atoms with Gasteiger partial charge in [-0.2, -0.15) is 0 Å². The minimum atomic E-state index is -1.02. The Hall–Kier alpha value is -1.84. The van der Waals surface area contributed by atoms with E-state index in [1.807, 2.05) is 0 Å². The summed E-state index contributed by atoms with van der Waals surface area (Å²) >= 11 is 0. The van der Waals surface area contributed by atoms with Crippen molar-refractivity contribution in [3.05, 3.63) is 37.0 Å². The first-order valence-electron chi connectivity index (χ1n) is 3.26. The summed E-state index contributed by atoms with van der Waals surface area (Å²) in [6.45, 7) is 11.0. The van der Waals surface area contributed by atoms with Gasteiger partial charge < -0.3 is 10.2 Å². The molecule has 0 amide bonds. The average molecular weight is 184 g/mol. The third-order valence-corrected chi connectivity index (χ3v) is 0.886. The van der Waals surface area contributed by atoms with Crippen molar-refractivity contribution in [3.8, 4) is 0 Å². The van der Waals surface area contributed by atoms with Crippen LogP contribution < -0.4 is 0 Å². The molecule has 0 atom stereocenters. The van der Waals surface area contributed by atoms with Gasteiger partial charge in [0.25, 0.3) is 0 Å². The molecule has 4 heteroatoms. The molecule has 0 unspecified atom stereocenters. The molecule has 4 nitrogen and oxygen atoms in total. The molecule has 13 heavy (non-hydrogen) atoms. The normalized spacial score (nSPS) is 7.46.